The molecule has 3 nitrogen and oxygen atoms in total. The molecule has 0 spiro atoms. The first-order chi connectivity index (χ1) is 6.24. The minimum atomic E-state index is 1.03. The van der Waals surface area contributed by atoms with E-state index >= 15 is 0 Å². The van der Waals surface area contributed by atoms with Gasteiger partial charge in [0.15, 0.2) is 0 Å². The van der Waals surface area contributed by atoms with Crippen LogP contribution in [0.25, 0.3) is 5.57 Å². The number of aromatic nitrogens is 2. The first-order valence-electron chi connectivity index (χ1n) is 4.54. The Morgan fingerprint density at radius 1 is 1.69 bits per heavy atom. The molecule has 0 amide bonds. The molecule has 0 aromatic carbocycles. The van der Waals surface area contributed by atoms with Crippen LogP contribution in [0.5, 0.6) is 0 Å². The summed E-state index contributed by atoms with van der Waals surface area (Å²) in [5, 5.41) is 7.24. The maximum Gasteiger partial charge on any atom is 0.0564 e. The van der Waals surface area contributed by atoms with E-state index in [1.807, 2.05) is 31.2 Å². The van der Waals surface area contributed by atoms with Crippen molar-refractivity contribution in [2.75, 3.05) is 13.6 Å². The van der Waals surface area contributed by atoms with Gasteiger partial charge < -0.3 is 5.32 Å². The molecule has 0 unspecified atom stereocenters. The molecule has 1 aromatic heterocycles. The number of rotatable bonds is 4. The van der Waals surface area contributed by atoms with Gasteiger partial charge in [0.05, 0.1) is 6.20 Å². The molecule has 0 radical (unpaired) electrons. The highest BCUT2D eigenvalue weighted by Crippen LogP contribution is 2.12. The molecule has 0 fully saturated rings. The Labute approximate surface area is 79.5 Å². The molecular weight excluding hydrogens is 162 g/mol. The topological polar surface area (TPSA) is 29.9 Å². The minimum Gasteiger partial charge on any atom is -0.319 e. The number of nitrogens with one attached hydrogen (secondary N) is 1. The van der Waals surface area contributed by atoms with Crippen LogP contribution in [0.3, 0.4) is 0 Å². The summed E-state index contributed by atoms with van der Waals surface area (Å²) >= 11 is 0. The van der Waals surface area contributed by atoms with Crippen LogP contribution in [-0.2, 0) is 7.05 Å². The average molecular weight is 179 g/mol. The van der Waals surface area contributed by atoms with Gasteiger partial charge in [-0.15, -0.1) is 0 Å². The number of hydrogen-bond donors (Lipinski definition) is 1. The molecule has 0 saturated carbocycles. The van der Waals surface area contributed by atoms with E-state index in [1.54, 1.807) is 0 Å². The molecule has 1 N–H and O–H groups in total. The molecule has 13 heavy (non-hydrogen) atoms. The van der Waals surface area contributed by atoms with Crippen molar-refractivity contribution in [3.8, 4) is 0 Å². The molecule has 0 saturated heterocycles. The van der Waals surface area contributed by atoms with Crippen molar-refractivity contribution in [3.63, 3.8) is 0 Å². The van der Waals surface area contributed by atoms with Gasteiger partial charge in [-0.1, -0.05) is 6.08 Å². The second-order valence-corrected chi connectivity index (χ2v) is 3.18. The average Bonchev–Trinajstić information content (AvgIpc) is 2.52. The summed E-state index contributed by atoms with van der Waals surface area (Å²) in [7, 11) is 3.90. The predicted octanol–water partition coefficient (Wildman–Crippen LogP) is 1.43. The third-order valence-corrected chi connectivity index (χ3v) is 2.01. The van der Waals surface area contributed by atoms with E-state index in [2.05, 4.69) is 23.4 Å². The zero-order chi connectivity index (χ0) is 9.68. The highest BCUT2D eigenvalue weighted by Gasteiger charge is 1.96. The van der Waals surface area contributed by atoms with E-state index in [4.69, 9.17) is 0 Å². The Balaban J connectivity index is 2.56. The summed E-state index contributed by atoms with van der Waals surface area (Å²) in [4.78, 5) is 0. The normalized spacial score (nSPS) is 12.1. The van der Waals surface area contributed by atoms with Crippen molar-refractivity contribution in [3.05, 3.63) is 24.0 Å². The highest BCUT2D eigenvalue weighted by molar-refractivity contribution is 5.62. The van der Waals surface area contributed by atoms with Crippen molar-refractivity contribution in [2.24, 2.45) is 7.05 Å². The number of nitrogens with zero attached hydrogens (tertiary/aromatic N) is 2. The van der Waals surface area contributed by atoms with Crippen LogP contribution >= 0.6 is 0 Å². The lowest BCUT2D eigenvalue weighted by Gasteiger charge is -1.96. The van der Waals surface area contributed by atoms with Crippen LogP contribution in [0.2, 0.25) is 0 Å². The van der Waals surface area contributed by atoms with Gasteiger partial charge in [-0.3, -0.25) is 4.68 Å². The standard InChI is InChI=1S/C10H17N3/c1-9(5-4-6-11-2)10-7-12-13(3)8-10/h5,7-8,11H,4,6H2,1-3H3. The fraction of sp³-hybridized carbons (Fsp3) is 0.500. The summed E-state index contributed by atoms with van der Waals surface area (Å²) in [5.74, 6) is 0. The van der Waals surface area contributed by atoms with Crippen molar-refractivity contribution in [1.29, 1.82) is 0 Å². The molecule has 72 valence electrons. The third kappa shape index (κ3) is 3.03. The SMILES string of the molecule is CNCCC=C(C)c1cnn(C)c1. The fourth-order valence-electron chi connectivity index (χ4n) is 1.18. The smallest absolute Gasteiger partial charge is 0.0564 e. The molecule has 0 aliphatic heterocycles. The van der Waals surface area contributed by atoms with Crippen molar-refractivity contribution >= 4 is 5.57 Å². The van der Waals surface area contributed by atoms with Crippen LogP contribution in [0, 0.1) is 0 Å². The van der Waals surface area contributed by atoms with E-state index in [9.17, 15) is 0 Å². The Hall–Kier alpha value is -1.09. The zero-order valence-corrected chi connectivity index (χ0v) is 8.54. The van der Waals surface area contributed by atoms with Gasteiger partial charge in [0.2, 0.25) is 0 Å². The quantitative estimate of drug-likeness (QED) is 0.709. The van der Waals surface area contributed by atoms with E-state index < -0.39 is 0 Å². The van der Waals surface area contributed by atoms with Crippen LogP contribution in [0.15, 0.2) is 18.5 Å². The monoisotopic (exact) mass is 179 g/mol. The maximum absolute atomic E-state index is 4.13. The van der Waals surface area contributed by atoms with Crippen molar-refractivity contribution in [1.82, 2.24) is 15.1 Å². The first-order valence-corrected chi connectivity index (χ1v) is 4.54. The Bertz CT molecular complexity index is 286. The maximum atomic E-state index is 4.13. The van der Waals surface area contributed by atoms with Gasteiger partial charge in [0, 0.05) is 18.8 Å². The highest BCUT2D eigenvalue weighted by atomic mass is 15.2. The Kier molecular flexibility index (Phi) is 3.71. The minimum absolute atomic E-state index is 1.03. The van der Waals surface area contributed by atoms with Crippen molar-refractivity contribution in [2.45, 2.75) is 13.3 Å². The lowest BCUT2D eigenvalue weighted by molar-refractivity contribution is 0.767. The van der Waals surface area contributed by atoms with Gasteiger partial charge in [-0.2, -0.15) is 5.10 Å². The largest absolute Gasteiger partial charge is 0.319 e. The van der Waals surface area contributed by atoms with E-state index in [0.29, 0.717) is 0 Å². The second-order valence-electron chi connectivity index (χ2n) is 3.18. The van der Waals surface area contributed by atoms with Gasteiger partial charge >= 0.3 is 0 Å². The number of aryl methyl sites for hydroxylation is 1. The summed E-state index contributed by atoms with van der Waals surface area (Å²) < 4.78 is 1.82. The molecule has 0 bridgehead atoms. The lowest BCUT2D eigenvalue weighted by Crippen LogP contribution is -2.05. The van der Waals surface area contributed by atoms with E-state index in [1.165, 1.54) is 11.1 Å². The van der Waals surface area contributed by atoms with E-state index in [-0.39, 0.29) is 0 Å². The summed E-state index contributed by atoms with van der Waals surface area (Å²) in [5.41, 5.74) is 2.50. The van der Waals surface area contributed by atoms with Crippen LogP contribution in [0.4, 0.5) is 0 Å². The first kappa shape index (κ1) is 9.99. The molecule has 0 aliphatic carbocycles. The summed E-state index contributed by atoms with van der Waals surface area (Å²) in [6.45, 7) is 3.14. The van der Waals surface area contributed by atoms with Gasteiger partial charge in [-0.25, -0.2) is 0 Å². The molecule has 0 atom stereocenters. The molecule has 1 aromatic rings. The molecule has 1 rings (SSSR count). The molecule has 3 heteroatoms. The Morgan fingerprint density at radius 2 is 2.46 bits per heavy atom. The Morgan fingerprint density at radius 3 is 3.00 bits per heavy atom. The fourth-order valence-corrected chi connectivity index (χ4v) is 1.18. The second kappa shape index (κ2) is 4.82. The predicted molar refractivity (Wildman–Crippen MR) is 55.4 cm³/mol. The van der Waals surface area contributed by atoms with E-state index in [0.717, 1.165) is 13.0 Å². The van der Waals surface area contributed by atoms with Crippen LogP contribution in [-0.4, -0.2) is 23.4 Å². The molecule has 1 heterocycles. The van der Waals surface area contributed by atoms with Gasteiger partial charge in [-0.05, 0) is 32.5 Å². The summed E-state index contributed by atoms with van der Waals surface area (Å²) in [6.07, 6.45) is 7.22. The van der Waals surface area contributed by atoms with Crippen molar-refractivity contribution < 1.29 is 0 Å². The van der Waals surface area contributed by atoms with Gasteiger partial charge in [0.1, 0.15) is 0 Å². The summed E-state index contributed by atoms with van der Waals surface area (Å²) in [6, 6.07) is 0. The number of hydrogen-bond acceptors (Lipinski definition) is 2. The zero-order valence-electron chi connectivity index (χ0n) is 8.54. The molecule has 0 aliphatic rings. The third-order valence-electron chi connectivity index (χ3n) is 2.01. The number of allylic oxidation sites excluding steroid dienone is 1. The van der Waals surface area contributed by atoms with Gasteiger partial charge in [0.25, 0.3) is 0 Å². The molecular formula is C10H17N3. The van der Waals surface area contributed by atoms with Crippen LogP contribution in [0.1, 0.15) is 18.9 Å². The van der Waals surface area contributed by atoms with Crippen LogP contribution < -0.4 is 5.32 Å². The lowest BCUT2D eigenvalue weighted by atomic mass is 10.1.